The molecular formula is C14H11F2N5OS. The van der Waals surface area contributed by atoms with Crippen molar-refractivity contribution in [2.45, 2.75) is 17.1 Å². The third kappa shape index (κ3) is 3.81. The molecule has 9 heteroatoms. The van der Waals surface area contributed by atoms with Gasteiger partial charge in [0, 0.05) is 17.7 Å². The lowest BCUT2D eigenvalue weighted by Gasteiger charge is -2.01. The molecule has 0 fully saturated rings. The molecule has 0 atom stereocenters. The predicted molar refractivity (Wildman–Crippen MR) is 79.1 cm³/mol. The second-order valence-electron chi connectivity index (χ2n) is 4.35. The number of nitrogens with one attached hydrogen (secondary N) is 1. The van der Waals surface area contributed by atoms with Crippen molar-refractivity contribution in [3.63, 3.8) is 0 Å². The van der Waals surface area contributed by atoms with Gasteiger partial charge in [-0.2, -0.15) is 0 Å². The number of rotatable bonds is 5. The Morgan fingerprint density at radius 1 is 1.13 bits per heavy atom. The van der Waals surface area contributed by atoms with E-state index < -0.39 is 11.6 Å². The molecule has 0 spiro atoms. The van der Waals surface area contributed by atoms with Crippen LogP contribution in [0, 0.1) is 11.6 Å². The van der Waals surface area contributed by atoms with Gasteiger partial charge in [-0.3, -0.25) is 5.10 Å². The van der Waals surface area contributed by atoms with Gasteiger partial charge >= 0.3 is 0 Å². The Labute approximate surface area is 134 Å². The van der Waals surface area contributed by atoms with Gasteiger partial charge in [-0.05, 0) is 30.8 Å². The zero-order valence-electron chi connectivity index (χ0n) is 12.0. The average molecular weight is 335 g/mol. The first-order valence-corrected chi connectivity index (χ1v) is 7.47. The van der Waals surface area contributed by atoms with Crippen molar-refractivity contribution in [1.82, 2.24) is 25.1 Å². The van der Waals surface area contributed by atoms with Crippen molar-refractivity contribution in [2.24, 2.45) is 0 Å². The van der Waals surface area contributed by atoms with Crippen LogP contribution < -0.4 is 4.74 Å². The maximum absolute atomic E-state index is 13.2. The van der Waals surface area contributed by atoms with E-state index in [4.69, 9.17) is 4.74 Å². The second kappa shape index (κ2) is 6.69. The molecule has 0 bridgehead atoms. The predicted octanol–water partition coefficient (Wildman–Crippen LogP) is 3.09. The average Bonchev–Trinajstić information content (AvgIpc) is 2.95. The molecule has 6 nitrogen and oxygen atoms in total. The minimum atomic E-state index is -0.678. The van der Waals surface area contributed by atoms with Gasteiger partial charge in [-0.15, -0.1) is 5.10 Å². The molecule has 0 saturated carbocycles. The molecule has 2 heterocycles. The van der Waals surface area contributed by atoms with E-state index in [9.17, 15) is 8.78 Å². The Kier molecular flexibility index (Phi) is 4.47. The zero-order valence-corrected chi connectivity index (χ0v) is 12.8. The summed E-state index contributed by atoms with van der Waals surface area (Å²) in [7, 11) is 0. The molecule has 3 rings (SSSR count). The van der Waals surface area contributed by atoms with Gasteiger partial charge in [0.05, 0.1) is 6.61 Å². The van der Waals surface area contributed by atoms with Crippen LogP contribution in [-0.2, 0) is 0 Å². The van der Waals surface area contributed by atoms with Crippen LogP contribution in [0.2, 0.25) is 0 Å². The number of aromatic nitrogens is 5. The highest BCUT2D eigenvalue weighted by atomic mass is 32.2. The lowest BCUT2D eigenvalue weighted by atomic mass is 10.2. The quantitative estimate of drug-likeness (QED) is 0.722. The van der Waals surface area contributed by atoms with Gasteiger partial charge in [0.15, 0.2) is 5.82 Å². The Morgan fingerprint density at radius 3 is 2.65 bits per heavy atom. The minimum absolute atomic E-state index is 0.269. The van der Waals surface area contributed by atoms with E-state index in [-0.39, 0.29) is 11.4 Å². The fourth-order valence-electron chi connectivity index (χ4n) is 1.81. The van der Waals surface area contributed by atoms with Gasteiger partial charge in [0.25, 0.3) is 0 Å². The molecule has 0 radical (unpaired) electrons. The maximum atomic E-state index is 13.2. The number of ether oxygens (including phenoxy) is 1. The van der Waals surface area contributed by atoms with Crippen LogP contribution in [0.25, 0.3) is 11.4 Å². The normalized spacial score (nSPS) is 10.7. The summed E-state index contributed by atoms with van der Waals surface area (Å²) < 4.78 is 31.8. The van der Waals surface area contributed by atoms with Crippen molar-refractivity contribution < 1.29 is 13.5 Å². The summed E-state index contributed by atoms with van der Waals surface area (Å²) in [6.45, 7) is 2.35. The summed E-state index contributed by atoms with van der Waals surface area (Å²) in [5.74, 6) is -0.636. The highest BCUT2D eigenvalue weighted by Gasteiger charge is 2.11. The summed E-state index contributed by atoms with van der Waals surface area (Å²) in [5, 5.41) is 7.61. The van der Waals surface area contributed by atoms with E-state index in [1.54, 1.807) is 6.07 Å². The van der Waals surface area contributed by atoms with E-state index in [0.29, 0.717) is 22.7 Å². The lowest BCUT2D eigenvalue weighted by molar-refractivity contribution is 0.325. The first-order chi connectivity index (χ1) is 11.1. The topological polar surface area (TPSA) is 76.6 Å². The molecule has 0 aliphatic rings. The summed E-state index contributed by atoms with van der Waals surface area (Å²) in [5.41, 5.74) is 0.277. The Hall–Kier alpha value is -2.55. The number of hydrogen-bond donors (Lipinski definition) is 1. The van der Waals surface area contributed by atoms with Crippen molar-refractivity contribution in [3.8, 4) is 17.3 Å². The summed E-state index contributed by atoms with van der Waals surface area (Å²) in [6.07, 6.45) is 1.38. The molecule has 0 aliphatic heterocycles. The Balaban J connectivity index is 1.80. The molecule has 0 saturated heterocycles. The molecular weight excluding hydrogens is 324 g/mol. The number of hydrogen-bond acceptors (Lipinski definition) is 6. The zero-order chi connectivity index (χ0) is 16.2. The third-order valence-corrected chi connectivity index (χ3v) is 3.50. The standard InChI is InChI=1S/C14H11F2N5OS/c1-2-22-11-6-12(18-7-17-11)23-14-19-13(20-21-14)8-3-9(15)5-10(16)4-8/h3-7H,2H2,1H3,(H,19,20,21). The van der Waals surface area contributed by atoms with Crippen LogP contribution in [0.15, 0.2) is 40.8 Å². The van der Waals surface area contributed by atoms with Gasteiger partial charge in [0.2, 0.25) is 11.0 Å². The fourth-order valence-corrected chi connectivity index (χ4v) is 2.49. The van der Waals surface area contributed by atoms with Crippen molar-refractivity contribution >= 4 is 11.8 Å². The van der Waals surface area contributed by atoms with E-state index in [2.05, 4.69) is 25.1 Å². The highest BCUT2D eigenvalue weighted by molar-refractivity contribution is 7.99. The fraction of sp³-hybridized carbons (Fsp3) is 0.143. The lowest BCUT2D eigenvalue weighted by Crippen LogP contribution is -1.95. The van der Waals surface area contributed by atoms with Crippen LogP contribution in [0.3, 0.4) is 0 Å². The van der Waals surface area contributed by atoms with Gasteiger partial charge < -0.3 is 4.74 Å². The number of halogens is 2. The number of nitrogens with zero attached hydrogens (tertiary/aromatic N) is 4. The molecule has 118 valence electrons. The van der Waals surface area contributed by atoms with Crippen LogP contribution in [0.1, 0.15) is 6.92 Å². The van der Waals surface area contributed by atoms with Gasteiger partial charge in [0.1, 0.15) is 23.0 Å². The number of H-pyrrole nitrogens is 1. The molecule has 23 heavy (non-hydrogen) atoms. The SMILES string of the molecule is CCOc1cc(Sc2n[nH]c(-c3cc(F)cc(F)c3)n2)ncn1. The Bertz CT molecular complexity index is 806. The van der Waals surface area contributed by atoms with E-state index in [1.807, 2.05) is 6.92 Å². The van der Waals surface area contributed by atoms with E-state index in [1.165, 1.54) is 30.2 Å². The first-order valence-electron chi connectivity index (χ1n) is 6.65. The van der Waals surface area contributed by atoms with Gasteiger partial charge in [-0.25, -0.2) is 23.7 Å². The third-order valence-electron chi connectivity index (χ3n) is 2.71. The first kappa shape index (κ1) is 15.3. The van der Waals surface area contributed by atoms with E-state index in [0.717, 1.165) is 6.07 Å². The van der Waals surface area contributed by atoms with E-state index >= 15 is 0 Å². The van der Waals surface area contributed by atoms with Crippen molar-refractivity contribution in [1.29, 1.82) is 0 Å². The molecule has 1 aromatic carbocycles. The monoisotopic (exact) mass is 335 g/mol. The largest absolute Gasteiger partial charge is 0.478 e. The van der Waals surface area contributed by atoms with Crippen molar-refractivity contribution in [2.75, 3.05) is 6.61 Å². The van der Waals surface area contributed by atoms with Crippen LogP contribution in [0.4, 0.5) is 8.78 Å². The van der Waals surface area contributed by atoms with Crippen LogP contribution >= 0.6 is 11.8 Å². The van der Waals surface area contributed by atoms with Crippen LogP contribution in [0.5, 0.6) is 5.88 Å². The molecule has 3 aromatic rings. The summed E-state index contributed by atoms with van der Waals surface area (Å²) in [6, 6.07) is 4.81. The Morgan fingerprint density at radius 2 is 1.91 bits per heavy atom. The summed E-state index contributed by atoms with van der Waals surface area (Å²) >= 11 is 1.18. The minimum Gasteiger partial charge on any atom is -0.478 e. The van der Waals surface area contributed by atoms with Crippen molar-refractivity contribution in [3.05, 3.63) is 42.2 Å². The molecule has 0 amide bonds. The molecule has 1 N–H and O–H groups in total. The molecule has 2 aromatic heterocycles. The maximum Gasteiger partial charge on any atom is 0.217 e. The molecule has 0 aliphatic carbocycles. The van der Waals surface area contributed by atoms with Gasteiger partial charge in [-0.1, -0.05) is 0 Å². The molecule has 0 unspecified atom stereocenters. The number of benzene rings is 1. The highest BCUT2D eigenvalue weighted by Crippen LogP contribution is 2.26. The number of aromatic amines is 1. The second-order valence-corrected chi connectivity index (χ2v) is 5.34. The van der Waals surface area contributed by atoms with Crippen LogP contribution in [-0.4, -0.2) is 31.8 Å². The summed E-state index contributed by atoms with van der Waals surface area (Å²) in [4.78, 5) is 12.2. The smallest absolute Gasteiger partial charge is 0.217 e.